The summed E-state index contributed by atoms with van der Waals surface area (Å²) in [5.41, 5.74) is 0. The van der Waals surface area contributed by atoms with Gasteiger partial charge < -0.3 is 9.47 Å². The van der Waals surface area contributed by atoms with Crippen molar-refractivity contribution in [2.45, 2.75) is 70.3 Å². The molecule has 0 spiro atoms. The molecule has 1 saturated heterocycles. The van der Waals surface area contributed by atoms with Crippen LogP contribution >= 0.6 is 0 Å². The maximum Gasteiger partial charge on any atom is 0.222 e. The molecule has 1 aromatic rings. The lowest BCUT2D eigenvalue weighted by Gasteiger charge is -2.31. The maximum atomic E-state index is 12.1. The highest BCUT2D eigenvalue weighted by Crippen LogP contribution is 2.38. The summed E-state index contributed by atoms with van der Waals surface area (Å²) in [7, 11) is 0. The molecule has 1 aromatic heterocycles. The van der Waals surface area contributed by atoms with Crippen LogP contribution in [0, 0.1) is 0 Å². The van der Waals surface area contributed by atoms with Crippen molar-refractivity contribution in [2.75, 3.05) is 13.1 Å². The van der Waals surface area contributed by atoms with Crippen LogP contribution in [0.3, 0.4) is 0 Å². The van der Waals surface area contributed by atoms with Gasteiger partial charge in [0.2, 0.25) is 5.91 Å². The fourth-order valence-electron chi connectivity index (χ4n) is 3.25. The van der Waals surface area contributed by atoms with Crippen molar-refractivity contribution in [1.29, 1.82) is 0 Å². The molecule has 5 nitrogen and oxygen atoms in total. The van der Waals surface area contributed by atoms with Gasteiger partial charge in [-0.15, -0.1) is 10.2 Å². The first kappa shape index (κ1) is 14.5. The molecule has 116 valence electrons. The van der Waals surface area contributed by atoms with E-state index in [1.165, 1.54) is 19.3 Å². The van der Waals surface area contributed by atoms with Crippen molar-refractivity contribution in [1.82, 2.24) is 19.7 Å². The third-order valence-electron chi connectivity index (χ3n) is 4.75. The fraction of sp³-hybridized carbons (Fsp3) is 0.812. The Balaban J connectivity index is 1.50. The topological polar surface area (TPSA) is 51.0 Å². The van der Waals surface area contributed by atoms with Gasteiger partial charge in [0.05, 0.1) is 0 Å². The molecule has 5 heteroatoms. The first-order valence-corrected chi connectivity index (χ1v) is 8.46. The molecule has 2 fully saturated rings. The highest BCUT2D eigenvalue weighted by atomic mass is 16.2. The van der Waals surface area contributed by atoms with Crippen molar-refractivity contribution in [3.63, 3.8) is 0 Å². The van der Waals surface area contributed by atoms with Crippen LogP contribution in [0.4, 0.5) is 0 Å². The summed E-state index contributed by atoms with van der Waals surface area (Å²) < 4.78 is 2.27. The maximum absolute atomic E-state index is 12.1. The van der Waals surface area contributed by atoms with Crippen LogP contribution in [-0.2, 0) is 4.79 Å². The van der Waals surface area contributed by atoms with Gasteiger partial charge in [-0.25, -0.2) is 0 Å². The zero-order chi connectivity index (χ0) is 14.7. The van der Waals surface area contributed by atoms with Crippen LogP contribution in [0.2, 0.25) is 0 Å². The van der Waals surface area contributed by atoms with Crippen LogP contribution in [0.5, 0.6) is 0 Å². The van der Waals surface area contributed by atoms with Crippen molar-refractivity contribution in [2.24, 2.45) is 0 Å². The third-order valence-corrected chi connectivity index (χ3v) is 4.75. The number of aromatic nitrogens is 3. The number of unbranched alkanes of at least 4 members (excludes halogenated alkanes) is 2. The van der Waals surface area contributed by atoms with E-state index in [-0.39, 0.29) is 0 Å². The Bertz CT molecular complexity index is 472. The van der Waals surface area contributed by atoms with Gasteiger partial charge in [0.1, 0.15) is 12.2 Å². The van der Waals surface area contributed by atoms with Crippen molar-refractivity contribution in [3.05, 3.63) is 12.2 Å². The molecule has 0 unspecified atom stereocenters. The molecule has 1 saturated carbocycles. The monoisotopic (exact) mass is 290 g/mol. The molecule has 0 N–H and O–H groups in total. The van der Waals surface area contributed by atoms with Crippen LogP contribution in [-0.4, -0.2) is 38.7 Å². The average molecular weight is 290 g/mol. The molecule has 1 aliphatic carbocycles. The first-order chi connectivity index (χ1) is 10.3. The van der Waals surface area contributed by atoms with Gasteiger partial charge in [0, 0.05) is 31.5 Å². The Kier molecular flexibility index (Phi) is 4.56. The Hall–Kier alpha value is -1.39. The normalized spacial score (nSPS) is 20.0. The molecule has 0 radical (unpaired) electrons. The highest BCUT2D eigenvalue weighted by Gasteiger charge is 2.31. The Labute approximate surface area is 126 Å². The first-order valence-electron chi connectivity index (χ1n) is 8.46. The van der Waals surface area contributed by atoms with Crippen LogP contribution in [0.1, 0.15) is 76.1 Å². The molecule has 1 aliphatic heterocycles. The summed E-state index contributed by atoms with van der Waals surface area (Å²) in [6.07, 6.45) is 10.6. The minimum Gasteiger partial charge on any atom is -0.343 e. The van der Waals surface area contributed by atoms with Crippen LogP contribution in [0.15, 0.2) is 6.33 Å². The van der Waals surface area contributed by atoms with E-state index in [1.807, 2.05) is 11.2 Å². The number of nitrogens with zero attached hydrogens (tertiary/aromatic N) is 4. The predicted octanol–water partition coefficient (Wildman–Crippen LogP) is 2.90. The lowest BCUT2D eigenvalue weighted by atomic mass is 9.95. The lowest BCUT2D eigenvalue weighted by Crippen LogP contribution is -2.38. The summed E-state index contributed by atoms with van der Waals surface area (Å²) in [6.45, 7) is 3.94. The summed E-state index contributed by atoms with van der Waals surface area (Å²) in [4.78, 5) is 14.2. The number of rotatable bonds is 6. The van der Waals surface area contributed by atoms with E-state index in [2.05, 4.69) is 21.7 Å². The largest absolute Gasteiger partial charge is 0.343 e. The summed E-state index contributed by atoms with van der Waals surface area (Å²) in [5, 5.41) is 8.44. The van der Waals surface area contributed by atoms with E-state index in [0.717, 1.165) is 51.0 Å². The zero-order valence-electron chi connectivity index (χ0n) is 13.0. The molecule has 0 aromatic carbocycles. The molecule has 0 atom stereocenters. The smallest absolute Gasteiger partial charge is 0.222 e. The number of amides is 1. The van der Waals surface area contributed by atoms with Crippen molar-refractivity contribution in [3.8, 4) is 0 Å². The number of hydrogen-bond donors (Lipinski definition) is 0. The van der Waals surface area contributed by atoms with Gasteiger partial charge in [0.25, 0.3) is 0 Å². The minimum atomic E-state index is 0.338. The Morgan fingerprint density at radius 1 is 1.24 bits per heavy atom. The number of hydrogen-bond acceptors (Lipinski definition) is 3. The second-order valence-electron chi connectivity index (χ2n) is 6.44. The number of piperidine rings is 1. The van der Waals surface area contributed by atoms with Gasteiger partial charge in [-0.1, -0.05) is 19.8 Å². The summed E-state index contributed by atoms with van der Waals surface area (Å²) in [6, 6.07) is 0.642. The van der Waals surface area contributed by atoms with E-state index in [1.54, 1.807) is 0 Å². The molecular weight excluding hydrogens is 264 g/mol. The van der Waals surface area contributed by atoms with Crippen LogP contribution in [0.25, 0.3) is 0 Å². The Morgan fingerprint density at radius 2 is 2.00 bits per heavy atom. The van der Waals surface area contributed by atoms with Gasteiger partial charge in [-0.05, 0) is 32.1 Å². The second kappa shape index (κ2) is 6.58. The number of carbonyl (C=O) groups excluding carboxylic acids is 1. The predicted molar refractivity (Wildman–Crippen MR) is 81.0 cm³/mol. The molecule has 2 heterocycles. The summed E-state index contributed by atoms with van der Waals surface area (Å²) in [5.74, 6) is 1.97. The minimum absolute atomic E-state index is 0.338. The Morgan fingerprint density at radius 3 is 2.67 bits per heavy atom. The number of carbonyl (C=O) groups is 1. The molecule has 0 bridgehead atoms. The summed E-state index contributed by atoms with van der Waals surface area (Å²) >= 11 is 0. The molecular formula is C16H26N4O. The van der Waals surface area contributed by atoms with E-state index < -0.39 is 0 Å². The van der Waals surface area contributed by atoms with Crippen molar-refractivity contribution >= 4 is 5.91 Å². The van der Waals surface area contributed by atoms with Gasteiger partial charge in [-0.3, -0.25) is 4.79 Å². The molecule has 2 aliphatic rings. The number of likely N-dealkylation sites (tertiary alicyclic amines) is 1. The fourth-order valence-corrected chi connectivity index (χ4v) is 3.25. The molecule has 3 rings (SSSR count). The molecule has 21 heavy (non-hydrogen) atoms. The zero-order valence-corrected chi connectivity index (χ0v) is 13.0. The highest BCUT2D eigenvalue weighted by molar-refractivity contribution is 5.76. The van der Waals surface area contributed by atoms with Gasteiger partial charge in [-0.2, -0.15) is 0 Å². The van der Waals surface area contributed by atoms with E-state index in [9.17, 15) is 4.79 Å². The third kappa shape index (κ3) is 3.44. The average Bonchev–Trinajstić information content (AvgIpc) is 3.25. The van der Waals surface area contributed by atoms with Crippen LogP contribution < -0.4 is 0 Å². The molecule has 1 amide bonds. The lowest BCUT2D eigenvalue weighted by molar-refractivity contribution is -0.132. The van der Waals surface area contributed by atoms with E-state index in [4.69, 9.17) is 0 Å². The second-order valence-corrected chi connectivity index (χ2v) is 6.44. The van der Waals surface area contributed by atoms with Gasteiger partial charge in [0.15, 0.2) is 0 Å². The van der Waals surface area contributed by atoms with Gasteiger partial charge >= 0.3 is 0 Å². The SMILES string of the molecule is CCCCCC(=O)N1CCC(c2nncn2C2CC2)CC1. The van der Waals surface area contributed by atoms with E-state index >= 15 is 0 Å². The van der Waals surface area contributed by atoms with E-state index in [0.29, 0.717) is 17.9 Å². The van der Waals surface area contributed by atoms with Crippen molar-refractivity contribution < 1.29 is 4.79 Å². The standard InChI is InChI=1S/C16H26N4O/c1-2-3-4-5-15(21)19-10-8-13(9-11-19)16-18-17-12-20(16)14-6-7-14/h12-14H,2-11H2,1H3. The quantitative estimate of drug-likeness (QED) is 0.757.